The predicted octanol–water partition coefficient (Wildman–Crippen LogP) is 4.03. The van der Waals surface area contributed by atoms with Crippen molar-refractivity contribution in [2.75, 3.05) is 11.9 Å². The number of nitrogens with one attached hydrogen (secondary N) is 1. The molecule has 37 heavy (non-hydrogen) atoms. The lowest BCUT2D eigenvalue weighted by Gasteiger charge is -2.27. The highest BCUT2D eigenvalue weighted by molar-refractivity contribution is 5.70. The Morgan fingerprint density at radius 1 is 1.22 bits per heavy atom. The number of hydrogen-bond acceptors (Lipinski definition) is 9. The number of aromatic nitrogens is 6. The molecular weight excluding hydrogens is 474 g/mol. The Hall–Kier alpha value is -3.76. The van der Waals surface area contributed by atoms with Gasteiger partial charge in [0.05, 0.1) is 42.3 Å². The number of carboxylic acid groups (broad SMARTS) is 1. The first-order valence-corrected chi connectivity index (χ1v) is 12.5. The normalized spacial score (nSPS) is 17.9. The van der Waals surface area contributed by atoms with Crippen molar-refractivity contribution in [1.82, 2.24) is 29.9 Å². The highest BCUT2D eigenvalue weighted by Crippen LogP contribution is 2.30. The summed E-state index contributed by atoms with van der Waals surface area (Å²) in [4.78, 5) is 24.7. The zero-order valence-electron chi connectivity index (χ0n) is 22.1. The maximum absolute atomic E-state index is 11.4. The van der Waals surface area contributed by atoms with E-state index < -0.39 is 5.97 Å². The molecule has 11 nitrogen and oxygen atoms in total. The SMILES string of the molecule is Cc1nc(-c2nnn(C)c2CNc2ccnc(OCC(C)(C)C)n2)ccc1O[C@H]1CCC[C@H](C(=O)O)C1. The molecule has 0 bridgehead atoms. The standard InChI is InChI=1S/C26H35N7O4/c1-16-21(37-18-8-6-7-17(13-18)24(34)35)10-9-19(29-16)23-20(33(5)32-31-23)14-28-22-11-12-27-25(30-22)36-15-26(2,3)4/h9-12,17-18H,6-8,13-15H2,1-5H3,(H,34,35)(H,27,28,30)/t17-,18-/m0/s1. The number of pyridine rings is 1. The molecule has 2 N–H and O–H groups in total. The molecule has 0 spiro atoms. The second kappa shape index (κ2) is 11.1. The van der Waals surface area contributed by atoms with Crippen molar-refractivity contribution in [1.29, 1.82) is 0 Å². The second-order valence-electron chi connectivity index (χ2n) is 10.7. The van der Waals surface area contributed by atoms with Gasteiger partial charge in [0.15, 0.2) is 0 Å². The molecular formula is C26H35N7O4. The topological polar surface area (TPSA) is 137 Å². The van der Waals surface area contributed by atoms with Gasteiger partial charge >= 0.3 is 12.0 Å². The van der Waals surface area contributed by atoms with Gasteiger partial charge in [-0.15, -0.1) is 5.10 Å². The molecule has 0 aliphatic heterocycles. The molecule has 2 atom stereocenters. The van der Waals surface area contributed by atoms with Crippen LogP contribution in [-0.4, -0.2) is 53.7 Å². The highest BCUT2D eigenvalue weighted by Gasteiger charge is 2.28. The third-order valence-corrected chi connectivity index (χ3v) is 6.20. The number of nitrogens with zero attached hydrogens (tertiary/aromatic N) is 6. The largest absolute Gasteiger partial charge is 0.489 e. The summed E-state index contributed by atoms with van der Waals surface area (Å²) in [6, 6.07) is 5.83. The fraction of sp³-hybridized carbons (Fsp3) is 0.538. The van der Waals surface area contributed by atoms with Crippen LogP contribution in [0.25, 0.3) is 11.4 Å². The van der Waals surface area contributed by atoms with Crippen LogP contribution in [0.3, 0.4) is 0 Å². The Kier molecular flexibility index (Phi) is 7.89. The third kappa shape index (κ3) is 6.93. The van der Waals surface area contributed by atoms with Crippen LogP contribution in [0.2, 0.25) is 0 Å². The minimum absolute atomic E-state index is 0.00505. The molecule has 1 aliphatic rings. The quantitative estimate of drug-likeness (QED) is 0.435. The Balaban J connectivity index is 1.44. The first-order valence-electron chi connectivity index (χ1n) is 12.5. The number of hydrogen-bond donors (Lipinski definition) is 2. The van der Waals surface area contributed by atoms with Gasteiger partial charge in [-0.1, -0.05) is 26.0 Å². The lowest BCUT2D eigenvalue weighted by molar-refractivity contribution is -0.143. The average molecular weight is 510 g/mol. The van der Waals surface area contributed by atoms with Gasteiger partial charge in [-0.25, -0.2) is 14.6 Å². The number of carboxylic acids is 1. The van der Waals surface area contributed by atoms with Crippen LogP contribution in [0.15, 0.2) is 24.4 Å². The summed E-state index contributed by atoms with van der Waals surface area (Å²) in [7, 11) is 1.83. The molecule has 11 heteroatoms. The molecule has 0 saturated heterocycles. The lowest BCUT2D eigenvalue weighted by atomic mass is 9.87. The van der Waals surface area contributed by atoms with Gasteiger partial charge in [-0.2, -0.15) is 4.98 Å². The fourth-order valence-corrected chi connectivity index (χ4v) is 4.20. The van der Waals surface area contributed by atoms with E-state index in [0.29, 0.717) is 55.0 Å². The molecule has 198 valence electrons. The molecule has 3 heterocycles. The fourth-order valence-electron chi connectivity index (χ4n) is 4.20. The van der Waals surface area contributed by atoms with E-state index in [1.165, 1.54) is 0 Å². The van der Waals surface area contributed by atoms with E-state index in [-0.39, 0.29) is 17.4 Å². The summed E-state index contributed by atoms with van der Waals surface area (Å²) in [5, 5.41) is 21.2. The van der Waals surface area contributed by atoms with E-state index in [2.05, 4.69) is 46.4 Å². The van der Waals surface area contributed by atoms with Gasteiger partial charge < -0.3 is 19.9 Å². The zero-order valence-corrected chi connectivity index (χ0v) is 22.1. The maximum atomic E-state index is 11.4. The summed E-state index contributed by atoms with van der Waals surface area (Å²) >= 11 is 0. The van der Waals surface area contributed by atoms with Gasteiger partial charge in [0, 0.05) is 13.2 Å². The number of rotatable bonds is 9. The van der Waals surface area contributed by atoms with Gasteiger partial charge in [0.2, 0.25) is 0 Å². The van der Waals surface area contributed by atoms with Crippen molar-refractivity contribution in [3.8, 4) is 23.1 Å². The number of ether oxygens (including phenoxy) is 2. The van der Waals surface area contributed by atoms with Gasteiger partial charge in [0.25, 0.3) is 0 Å². The molecule has 0 unspecified atom stereocenters. The Morgan fingerprint density at radius 3 is 2.76 bits per heavy atom. The van der Waals surface area contributed by atoms with Crippen molar-refractivity contribution >= 4 is 11.8 Å². The van der Waals surface area contributed by atoms with E-state index in [1.54, 1.807) is 16.9 Å². The van der Waals surface area contributed by atoms with Crippen LogP contribution in [0, 0.1) is 18.3 Å². The monoisotopic (exact) mass is 509 g/mol. The first kappa shape index (κ1) is 26.3. The van der Waals surface area contributed by atoms with Crippen molar-refractivity contribution in [3.63, 3.8) is 0 Å². The maximum Gasteiger partial charge on any atom is 0.318 e. The smallest absolute Gasteiger partial charge is 0.318 e. The molecule has 0 amide bonds. The van der Waals surface area contributed by atoms with Crippen molar-refractivity contribution in [2.24, 2.45) is 18.4 Å². The number of carbonyl (C=O) groups is 1. The van der Waals surface area contributed by atoms with Crippen molar-refractivity contribution in [3.05, 3.63) is 35.8 Å². The molecule has 4 rings (SSSR count). The zero-order chi connectivity index (χ0) is 26.6. The number of anilines is 1. The number of aliphatic carboxylic acids is 1. The Labute approximate surface area is 216 Å². The van der Waals surface area contributed by atoms with Gasteiger partial charge in [-0.3, -0.25) is 4.79 Å². The van der Waals surface area contributed by atoms with E-state index in [9.17, 15) is 9.90 Å². The molecule has 0 radical (unpaired) electrons. The molecule has 0 aromatic carbocycles. The van der Waals surface area contributed by atoms with Crippen molar-refractivity contribution < 1.29 is 19.4 Å². The summed E-state index contributed by atoms with van der Waals surface area (Å²) in [6.45, 7) is 9.08. The van der Waals surface area contributed by atoms with Crippen LogP contribution in [0.1, 0.15) is 57.8 Å². The summed E-state index contributed by atoms with van der Waals surface area (Å²) in [5.74, 6) is 0.188. The van der Waals surface area contributed by atoms with Gasteiger partial charge in [0.1, 0.15) is 17.3 Å². The second-order valence-corrected chi connectivity index (χ2v) is 10.7. The average Bonchev–Trinajstić information content (AvgIpc) is 3.23. The van der Waals surface area contributed by atoms with Crippen LogP contribution in [0.5, 0.6) is 11.8 Å². The Bertz CT molecular complexity index is 1240. The van der Waals surface area contributed by atoms with Crippen LogP contribution < -0.4 is 14.8 Å². The minimum Gasteiger partial charge on any atom is -0.489 e. The van der Waals surface area contributed by atoms with Crippen molar-refractivity contribution in [2.45, 2.75) is 66.0 Å². The summed E-state index contributed by atoms with van der Waals surface area (Å²) in [5.41, 5.74) is 2.90. The molecule has 3 aromatic rings. The predicted molar refractivity (Wildman–Crippen MR) is 137 cm³/mol. The summed E-state index contributed by atoms with van der Waals surface area (Å²) in [6.07, 6.45) is 4.44. The lowest BCUT2D eigenvalue weighted by Crippen LogP contribution is -2.29. The molecule has 1 aliphatic carbocycles. The third-order valence-electron chi connectivity index (χ3n) is 6.20. The first-order chi connectivity index (χ1) is 17.6. The van der Waals surface area contributed by atoms with E-state index in [4.69, 9.17) is 14.5 Å². The van der Waals surface area contributed by atoms with Gasteiger partial charge in [-0.05, 0) is 56.2 Å². The van der Waals surface area contributed by atoms with E-state index in [1.807, 2.05) is 26.1 Å². The minimum atomic E-state index is -0.752. The number of aryl methyl sites for hydroxylation is 2. The molecule has 1 saturated carbocycles. The van der Waals surface area contributed by atoms with E-state index >= 15 is 0 Å². The Morgan fingerprint density at radius 2 is 2.03 bits per heavy atom. The van der Waals surface area contributed by atoms with Crippen LogP contribution in [0.4, 0.5) is 5.82 Å². The van der Waals surface area contributed by atoms with E-state index in [0.717, 1.165) is 24.2 Å². The summed E-state index contributed by atoms with van der Waals surface area (Å²) < 4.78 is 13.6. The van der Waals surface area contributed by atoms with Crippen LogP contribution in [-0.2, 0) is 18.4 Å². The molecule has 1 fully saturated rings. The van der Waals surface area contributed by atoms with Crippen LogP contribution >= 0.6 is 0 Å². The highest BCUT2D eigenvalue weighted by atomic mass is 16.5. The molecule has 3 aromatic heterocycles.